The van der Waals surface area contributed by atoms with Crippen LogP contribution in [0.1, 0.15) is 25.0 Å². The minimum Gasteiger partial charge on any atom is -0.497 e. The highest BCUT2D eigenvalue weighted by atomic mass is 32.2. The van der Waals surface area contributed by atoms with Crippen molar-refractivity contribution in [1.82, 2.24) is 4.90 Å². The van der Waals surface area contributed by atoms with E-state index in [-0.39, 0.29) is 5.91 Å². The number of amidine groups is 1. The molecule has 0 spiro atoms. The van der Waals surface area contributed by atoms with Gasteiger partial charge in [0, 0.05) is 24.1 Å². The van der Waals surface area contributed by atoms with Gasteiger partial charge in [-0.05, 0) is 68.8 Å². The van der Waals surface area contributed by atoms with Gasteiger partial charge in [-0.1, -0.05) is 23.9 Å². The maximum atomic E-state index is 13.3. The number of benzene rings is 2. The van der Waals surface area contributed by atoms with Crippen LogP contribution in [-0.4, -0.2) is 36.2 Å². The van der Waals surface area contributed by atoms with Gasteiger partial charge in [0.05, 0.1) is 18.5 Å². The summed E-state index contributed by atoms with van der Waals surface area (Å²) in [7, 11) is 1.67. The summed E-state index contributed by atoms with van der Waals surface area (Å²) in [6, 6.07) is 12.3. The fraction of sp³-hybridized carbons (Fsp3) is 0.304. The predicted molar refractivity (Wildman–Crippen MR) is 127 cm³/mol. The van der Waals surface area contributed by atoms with Crippen molar-refractivity contribution in [3.63, 3.8) is 0 Å². The molecule has 4 rings (SSSR count). The number of likely N-dealkylation sites (N-methyl/N-ethyl adjacent to an activating group) is 1. The lowest BCUT2D eigenvalue weighted by molar-refractivity contribution is -0.122. The molecule has 0 bridgehead atoms. The van der Waals surface area contributed by atoms with Gasteiger partial charge in [0.2, 0.25) is 0 Å². The Labute approximate surface area is 186 Å². The standard InChI is InChI=1S/C23H25N3O2S2/c1-6-25-18-13-16(28-5)10-11-19(18)29-22(25)20-21(27)26(7-2)23(30-20)24-17-12-14(3)8-9-15(17)4/h8-13H,6-7H2,1-5H3/b22-20-,24-23?. The number of fused-ring (bicyclic) bond motifs is 1. The maximum absolute atomic E-state index is 13.3. The Balaban J connectivity index is 1.76. The predicted octanol–water partition coefficient (Wildman–Crippen LogP) is 5.70. The highest BCUT2D eigenvalue weighted by Crippen LogP contribution is 2.51. The molecule has 2 aliphatic rings. The highest BCUT2D eigenvalue weighted by Gasteiger charge is 2.39. The number of carbonyl (C=O) groups excluding carboxylic acids is 1. The van der Waals surface area contributed by atoms with Crippen molar-refractivity contribution in [2.45, 2.75) is 32.6 Å². The molecular formula is C23H25N3O2S2. The first-order valence-electron chi connectivity index (χ1n) is 10.00. The van der Waals surface area contributed by atoms with Crippen LogP contribution in [0.15, 0.2) is 56.2 Å². The molecule has 2 aromatic carbocycles. The quantitative estimate of drug-likeness (QED) is 0.572. The number of hydrogen-bond acceptors (Lipinski definition) is 6. The monoisotopic (exact) mass is 439 g/mol. The van der Waals surface area contributed by atoms with E-state index in [9.17, 15) is 4.79 Å². The Kier molecular flexibility index (Phi) is 5.84. The number of aryl methyl sites for hydroxylation is 2. The molecule has 0 radical (unpaired) electrons. The van der Waals surface area contributed by atoms with Crippen molar-refractivity contribution in [3.8, 4) is 5.75 Å². The van der Waals surface area contributed by atoms with Gasteiger partial charge >= 0.3 is 0 Å². The van der Waals surface area contributed by atoms with E-state index in [1.54, 1.807) is 23.8 Å². The zero-order valence-electron chi connectivity index (χ0n) is 17.9. The summed E-state index contributed by atoms with van der Waals surface area (Å²) in [5.41, 5.74) is 4.25. The molecule has 0 atom stereocenters. The second kappa shape index (κ2) is 8.40. The molecule has 156 valence electrons. The van der Waals surface area contributed by atoms with E-state index in [0.717, 1.165) is 54.8 Å². The SMILES string of the molecule is CCN1C(=O)/C(=C2/Sc3ccc(OC)cc3N2CC)SC1=Nc1cc(C)ccc1C. The van der Waals surface area contributed by atoms with Crippen LogP contribution in [0.5, 0.6) is 5.75 Å². The van der Waals surface area contributed by atoms with E-state index < -0.39 is 0 Å². The second-order valence-electron chi connectivity index (χ2n) is 7.15. The Bertz CT molecular complexity index is 1080. The molecule has 30 heavy (non-hydrogen) atoms. The third-order valence-electron chi connectivity index (χ3n) is 5.18. The summed E-state index contributed by atoms with van der Waals surface area (Å²) in [5, 5.41) is 1.71. The normalized spacial score (nSPS) is 19.8. The molecule has 2 aromatic rings. The Morgan fingerprint density at radius 2 is 1.77 bits per heavy atom. The second-order valence-corrected chi connectivity index (χ2v) is 9.16. The van der Waals surface area contributed by atoms with Crippen LogP contribution in [0.3, 0.4) is 0 Å². The van der Waals surface area contributed by atoms with Crippen LogP contribution in [0, 0.1) is 13.8 Å². The smallest absolute Gasteiger partial charge is 0.269 e. The molecule has 7 heteroatoms. The topological polar surface area (TPSA) is 45.1 Å². The van der Waals surface area contributed by atoms with E-state index >= 15 is 0 Å². The van der Waals surface area contributed by atoms with E-state index in [0.29, 0.717) is 6.54 Å². The van der Waals surface area contributed by atoms with Gasteiger partial charge in [0.15, 0.2) is 5.17 Å². The number of rotatable bonds is 4. The Morgan fingerprint density at radius 3 is 2.47 bits per heavy atom. The molecule has 0 aliphatic carbocycles. The molecule has 1 amide bonds. The number of nitrogens with zero attached hydrogens (tertiary/aromatic N) is 3. The van der Waals surface area contributed by atoms with Crippen molar-refractivity contribution in [2.75, 3.05) is 25.1 Å². The van der Waals surface area contributed by atoms with Gasteiger partial charge in [-0.25, -0.2) is 4.99 Å². The van der Waals surface area contributed by atoms with E-state index in [1.165, 1.54) is 11.8 Å². The summed E-state index contributed by atoms with van der Waals surface area (Å²) in [6.07, 6.45) is 0. The number of thioether (sulfide) groups is 2. The first-order chi connectivity index (χ1) is 14.5. The van der Waals surface area contributed by atoms with Crippen LogP contribution < -0.4 is 9.64 Å². The fourth-order valence-corrected chi connectivity index (χ4v) is 5.94. The largest absolute Gasteiger partial charge is 0.497 e. The third-order valence-corrected chi connectivity index (χ3v) is 7.56. The van der Waals surface area contributed by atoms with Crippen molar-refractivity contribution in [2.24, 2.45) is 4.99 Å². The Hall–Kier alpha value is -2.38. The van der Waals surface area contributed by atoms with Gasteiger partial charge in [0.25, 0.3) is 5.91 Å². The highest BCUT2D eigenvalue weighted by molar-refractivity contribution is 8.19. The summed E-state index contributed by atoms with van der Waals surface area (Å²) in [6.45, 7) is 9.55. The van der Waals surface area contributed by atoms with Crippen molar-refractivity contribution in [1.29, 1.82) is 0 Å². The molecule has 0 unspecified atom stereocenters. The van der Waals surface area contributed by atoms with Crippen molar-refractivity contribution < 1.29 is 9.53 Å². The first-order valence-corrected chi connectivity index (χ1v) is 11.6. The lowest BCUT2D eigenvalue weighted by Crippen LogP contribution is -2.29. The van der Waals surface area contributed by atoms with E-state index in [2.05, 4.69) is 43.0 Å². The van der Waals surface area contributed by atoms with Crippen molar-refractivity contribution >= 4 is 46.0 Å². The first kappa shape index (κ1) is 20.9. The fourth-order valence-electron chi connectivity index (χ4n) is 3.51. The average molecular weight is 440 g/mol. The molecule has 1 fully saturated rings. The minimum absolute atomic E-state index is 0.0206. The van der Waals surface area contributed by atoms with Crippen molar-refractivity contribution in [3.05, 3.63) is 57.5 Å². The van der Waals surface area contributed by atoms with E-state index in [1.807, 2.05) is 26.0 Å². The summed E-state index contributed by atoms with van der Waals surface area (Å²) >= 11 is 3.11. The lowest BCUT2D eigenvalue weighted by atomic mass is 10.1. The van der Waals surface area contributed by atoms with Crippen LogP contribution in [-0.2, 0) is 4.79 Å². The number of carbonyl (C=O) groups is 1. The number of ether oxygens (including phenoxy) is 1. The molecule has 2 heterocycles. The molecule has 2 aliphatic heterocycles. The van der Waals surface area contributed by atoms with Crippen LogP contribution >= 0.6 is 23.5 Å². The molecule has 1 saturated heterocycles. The number of amides is 1. The summed E-state index contributed by atoms with van der Waals surface area (Å²) in [5.74, 6) is 0.837. The zero-order chi connectivity index (χ0) is 21.4. The van der Waals surface area contributed by atoms with Crippen LogP contribution in [0.25, 0.3) is 0 Å². The average Bonchev–Trinajstić information content (AvgIpc) is 3.26. The summed E-state index contributed by atoms with van der Waals surface area (Å²) < 4.78 is 5.40. The molecule has 0 saturated carbocycles. The molecule has 0 aromatic heterocycles. The molecule has 0 N–H and O–H groups in total. The summed E-state index contributed by atoms with van der Waals surface area (Å²) in [4.78, 5) is 24.0. The van der Waals surface area contributed by atoms with Gasteiger partial charge in [-0.15, -0.1) is 0 Å². The van der Waals surface area contributed by atoms with Crippen LogP contribution in [0.4, 0.5) is 11.4 Å². The number of aliphatic imine (C=N–C) groups is 1. The van der Waals surface area contributed by atoms with Gasteiger partial charge in [-0.2, -0.15) is 0 Å². The maximum Gasteiger partial charge on any atom is 0.269 e. The van der Waals surface area contributed by atoms with Gasteiger partial charge < -0.3 is 9.64 Å². The molecular weight excluding hydrogens is 414 g/mol. The third kappa shape index (κ3) is 3.61. The number of anilines is 1. The zero-order valence-corrected chi connectivity index (χ0v) is 19.5. The van der Waals surface area contributed by atoms with Gasteiger partial charge in [-0.3, -0.25) is 9.69 Å². The van der Waals surface area contributed by atoms with Gasteiger partial charge in [0.1, 0.15) is 15.7 Å². The number of hydrogen-bond donors (Lipinski definition) is 0. The van der Waals surface area contributed by atoms with E-state index in [4.69, 9.17) is 9.73 Å². The minimum atomic E-state index is 0.0206. The molecule has 5 nitrogen and oxygen atoms in total. The Morgan fingerprint density at radius 1 is 1.00 bits per heavy atom. The lowest BCUT2D eigenvalue weighted by Gasteiger charge is -2.19. The van der Waals surface area contributed by atoms with Crippen LogP contribution in [0.2, 0.25) is 0 Å². The number of methoxy groups -OCH3 is 1.